The van der Waals surface area contributed by atoms with Crippen LogP contribution in [0, 0.1) is 12.3 Å². The average molecular weight is 447 g/mol. The number of carbonyl (C=O) groups is 2. The third-order valence-electron chi connectivity index (χ3n) is 6.02. The fourth-order valence-corrected chi connectivity index (χ4v) is 4.41. The molecule has 33 heavy (non-hydrogen) atoms. The maximum absolute atomic E-state index is 13.4. The molecule has 1 atom stereocenters. The van der Waals surface area contributed by atoms with E-state index in [1.54, 1.807) is 22.0 Å². The number of likely N-dealkylation sites (tertiary alicyclic amines) is 1. The standard InChI is InChI=1S/C25H30N6O2/c1-18(2)27-24(33)25(9-11-30(17-25)23(32)16-31-15-19(3)28-29-31)13-20-6-4-7-21(12-20)22-8-5-10-26-14-22/h4-8,10,12,14-15,18H,9,11,13,16-17H2,1-3H3,(H,27,33)/t25-/m0/s1. The molecule has 0 radical (unpaired) electrons. The van der Waals surface area contributed by atoms with Crippen LogP contribution in [0.5, 0.6) is 0 Å². The van der Waals surface area contributed by atoms with Crippen LogP contribution >= 0.6 is 0 Å². The Morgan fingerprint density at radius 1 is 1.18 bits per heavy atom. The Labute approximate surface area is 194 Å². The van der Waals surface area contributed by atoms with Gasteiger partial charge in [0.25, 0.3) is 0 Å². The number of carbonyl (C=O) groups excluding carboxylic acids is 2. The maximum atomic E-state index is 13.4. The number of nitrogens with zero attached hydrogens (tertiary/aromatic N) is 5. The molecule has 1 aliphatic rings. The van der Waals surface area contributed by atoms with Gasteiger partial charge >= 0.3 is 0 Å². The molecular formula is C25H30N6O2. The Morgan fingerprint density at radius 3 is 2.70 bits per heavy atom. The molecule has 0 spiro atoms. The molecule has 4 rings (SSSR count). The number of hydrogen-bond donors (Lipinski definition) is 1. The van der Waals surface area contributed by atoms with Crippen molar-refractivity contribution in [3.63, 3.8) is 0 Å². The van der Waals surface area contributed by atoms with Crippen molar-refractivity contribution in [2.24, 2.45) is 5.41 Å². The first-order chi connectivity index (χ1) is 15.8. The van der Waals surface area contributed by atoms with Crippen LogP contribution in [0.25, 0.3) is 11.1 Å². The monoisotopic (exact) mass is 446 g/mol. The Bertz CT molecular complexity index is 1130. The summed E-state index contributed by atoms with van der Waals surface area (Å²) in [5, 5.41) is 11.0. The van der Waals surface area contributed by atoms with E-state index in [9.17, 15) is 9.59 Å². The lowest BCUT2D eigenvalue weighted by Gasteiger charge is -2.29. The average Bonchev–Trinajstić information content (AvgIpc) is 3.41. The summed E-state index contributed by atoms with van der Waals surface area (Å²) in [4.78, 5) is 32.3. The number of amides is 2. The van der Waals surface area contributed by atoms with E-state index in [4.69, 9.17) is 0 Å². The predicted molar refractivity (Wildman–Crippen MR) is 125 cm³/mol. The first-order valence-electron chi connectivity index (χ1n) is 11.3. The van der Waals surface area contributed by atoms with Crippen LogP contribution in [-0.2, 0) is 22.6 Å². The van der Waals surface area contributed by atoms with Gasteiger partial charge in [-0.2, -0.15) is 0 Å². The van der Waals surface area contributed by atoms with Crippen LogP contribution in [-0.4, -0.2) is 55.8 Å². The zero-order valence-electron chi connectivity index (χ0n) is 19.4. The first-order valence-corrected chi connectivity index (χ1v) is 11.3. The lowest BCUT2D eigenvalue weighted by molar-refractivity contribution is -0.134. The molecular weight excluding hydrogens is 416 g/mol. The van der Waals surface area contributed by atoms with Crippen molar-refractivity contribution in [2.45, 2.75) is 46.2 Å². The van der Waals surface area contributed by atoms with Crippen molar-refractivity contribution in [3.8, 4) is 11.1 Å². The molecule has 1 N–H and O–H groups in total. The maximum Gasteiger partial charge on any atom is 0.244 e. The number of pyridine rings is 1. The summed E-state index contributed by atoms with van der Waals surface area (Å²) in [5.74, 6) is -0.0561. The second kappa shape index (κ2) is 9.52. The van der Waals surface area contributed by atoms with Crippen molar-refractivity contribution < 1.29 is 9.59 Å². The van der Waals surface area contributed by atoms with E-state index in [1.165, 1.54) is 0 Å². The smallest absolute Gasteiger partial charge is 0.244 e. The molecule has 1 aromatic carbocycles. The highest BCUT2D eigenvalue weighted by Gasteiger charge is 2.46. The summed E-state index contributed by atoms with van der Waals surface area (Å²) in [6, 6.07) is 12.2. The van der Waals surface area contributed by atoms with Crippen LogP contribution in [0.4, 0.5) is 0 Å². The fourth-order valence-electron chi connectivity index (χ4n) is 4.41. The number of aromatic nitrogens is 4. The molecule has 172 valence electrons. The Kier molecular flexibility index (Phi) is 6.53. The highest BCUT2D eigenvalue weighted by atomic mass is 16.2. The quantitative estimate of drug-likeness (QED) is 0.602. The number of hydrogen-bond acceptors (Lipinski definition) is 5. The summed E-state index contributed by atoms with van der Waals surface area (Å²) in [6.07, 6.45) is 6.51. The molecule has 8 nitrogen and oxygen atoms in total. The molecule has 0 unspecified atom stereocenters. The van der Waals surface area contributed by atoms with Gasteiger partial charge in [0.05, 0.1) is 11.1 Å². The highest BCUT2D eigenvalue weighted by Crippen LogP contribution is 2.36. The third kappa shape index (κ3) is 5.27. The number of nitrogens with one attached hydrogen (secondary N) is 1. The van der Waals surface area contributed by atoms with Crippen LogP contribution in [0.15, 0.2) is 55.0 Å². The van der Waals surface area contributed by atoms with E-state index in [-0.39, 0.29) is 24.4 Å². The van der Waals surface area contributed by atoms with Crippen molar-refractivity contribution in [2.75, 3.05) is 13.1 Å². The normalized spacial score (nSPS) is 18.0. The van der Waals surface area contributed by atoms with Gasteiger partial charge in [-0.25, -0.2) is 4.68 Å². The minimum absolute atomic E-state index is 0.00354. The Balaban J connectivity index is 1.56. The first kappa shape index (κ1) is 22.6. The van der Waals surface area contributed by atoms with Crippen molar-refractivity contribution in [1.29, 1.82) is 0 Å². The minimum Gasteiger partial charge on any atom is -0.353 e. The Hall–Kier alpha value is -3.55. The van der Waals surface area contributed by atoms with Gasteiger partial charge < -0.3 is 10.2 Å². The van der Waals surface area contributed by atoms with Crippen molar-refractivity contribution in [1.82, 2.24) is 30.2 Å². The molecule has 0 bridgehead atoms. The van der Waals surface area contributed by atoms with Gasteiger partial charge in [0.2, 0.25) is 11.8 Å². The lowest BCUT2D eigenvalue weighted by atomic mass is 9.79. The molecule has 1 fully saturated rings. The lowest BCUT2D eigenvalue weighted by Crippen LogP contribution is -2.47. The summed E-state index contributed by atoms with van der Waals surface area (Å²) in [7, 11) is 0. The largest absolute Gasteiger partial charge is 0.353 e. The van der Waals surface area contributed by atoms with E-state index in [2.05, 4.69) is 26.7 Å². The SMILES string of the molecule is Cc1cn(CC(=O)N2CC[C@@](Cc3cccc(-c4cccnc4)c3)(C(=O)NC(C)C)C2)nn1. The van der Waals surface area contributed by atoms with Crippen LogP contribution in [0.3, 0.4) is 0 Å². The molecule has 3 aromatic rings. The van der Waals surface area contributed by atoms with Gasteiger partial charge in [-0.3, -0.25) is 14.6 Å². The summed E-state index contributed by atoms with van der Waals surface area (Å²) in [6.45, 7) is 6.80. The number of rotatable bonds is 7. The minimum atomic E-state index is -0.675. The van der Waals surface area contributed by atoms with E-state index < -0.39 is 5.41 Å². The molecule has 8 heteroatoms. The van der Waals surface area contributed by atoms with E-state index in [1.807, 2.05) is 57.3 Å². The molecule has 2 aromatic heterocycles. The van der Waals surface area contributed by atoms with Gasteiger partial charge in [0.15, 0.2) is 0 Å². The highest BCUT2D eigenvalue weighted by molar-refractivity contribution is 5.86. The fraction of sp³-hybridized carbons (Fsp3) is 0.400. The second-order valence-electron chi connectivity index (χ2n) is 9.15. The summed E-state index contributed by atoms with van der Waals surface area (Å²) in [5.41, 5.74) is 3.25. The van der Waals surface area contributed by atoms with Gasteiger partial charge in [-0.1, -0.05) is 35.5 Å². The van der Waals surface area contributed by atoms with E-state index in [0.717, 1.165) is 22.4 Å². The molecule has 0 saturated carbocycles. The zero-order chi connectivity index (χ0) is 23.4. The second-order valence-corrected chi connectivity index (χ2v) is 9.15. The van der Waals surface area contributed by atoms with Crippen LogP contribution < -0.4 is 5.32 Å². The predicted octanol–water partition coefficient (Wildman–Crippen LogP) is 2.63. The molecule has 3 heterocycles. The van der Waals surface area contributed by atoms with Crippen molar-refractivity contribution >= 4 is 11.8 Å². The number of aryl methyl sites for hydroxylation is 1. The van der Waals surface area contributed by atoms with Gasteiger partial charge in [0.1, 0.15) is 6.54 Å². The third-order valence-corrected chi connectivity index (χ3v) is 6.02. The molecule has 0 aliphatic carbocycles. The van der Waals surface area contributed by atoms with Crippen molar-refractivity contribution in [3.05, 3.63) is 66.2 Å². The molecule has 1 aliphatic heterocycles. The summed E-state index contributed by atoms with van der Waals surface area (Å²) >= 11 is 0. The topological polar surface area (TPSA) is 93.0 Å². The van der Waals surface area contributed by atoms with E-state index in [0.29, 0.717) is 25.9 Å². The van der Waals surface area contributed by atoms with Crippen LogP contribution in [0.1, 0.15) is 31.5 Å². The van der Waals surface area contributed by atoms with Gasteiger partial charge in [-0.15, -0.1) is 5.10 Å². The van der Waals surface area contributed by atoms with Gasteiger partial charge in [0, 0.05) is 37.7 Å². The zero-order valence-corrected chi connectivity index (χ0v) is 19.4. The number of benzene rings is 1. The van der Waals surface area contributed by atoms with Crippen LogP contribution in [0.2, 0.25) is 0 Å². The summed E-state index contributed by atoms with van der Waals surface area (Å²) < 4.78 is 1.54. The molecule has 2 amide bonds. The molecule has 1 saturated heterocycles. The van der Waals surface area contributed by atoms with Gasteiger partial charge in [-0.05, 0) is 56.4 Å². The van der Waals surface area contributed by atoms with E-state index >= 15 is 0 Å². The Morgan fingerprint density at radius 2 is 2.00 bits per heavy atom.